The van der Waals surface area contributed by atoms with Crippen LogP contribution in [0.1, 0.15) is 6.42 Å². The fraction of sp³-hybridized carbons (Fsp3) is 0.429. The van der Waals surface area contributed by atoms with Crippen molar-refractivity contribution in [1.29, 1.82) is 0 Å². The predicted octanol–water partition coefficient (Wildman–Crippen LogP) is 1.22. The zero-order valence-electron chi connectivity index (χ0n) is 6.40. The first-order valence-corrected chi connectivity index (χ1v) is 4.58. The molecule has 0 fully saturated rings. The van der Waals surface area contributed by atoms with Crippen molar-refractivity contribution in [1.82, 2.24) is 9.55 Å². The monoisotopic (exact) mass is 204 g/mol. The Morgan fingerprint density at radius 3 is 3.08 bits per heavy atom. The van der Waals surface area contributed by atoms with Crippen LogP contribution in [0.2, 0.25) is 5.02 Å². The summed E-state index contributed by atoms with van der Waals surface area (Å²) in [5.41, 5.74) is -0.263. The Kier molecular flexibility index (Phi) is 3.62. The normalized spacial score (nSPS) is 10.2. The van der Waals surface area contributed by atoms with Crippen molar-refractivity contribution in [2.24, 2.45) is 0 Å². The maximum Gasteiger partial charge on any atom is 0.347 e. The van der Waals surface area contributed by atoms with Gasteiger partial charge in [-0.3, -0.25) is 4.57 Å². The lowest BCUT2D eigenvalue weighted by Crippen LogP contribution is -2.22. The van der Waals surface area contributed by atoms with Crippen LogP contribution < -0.4 is 5.69 Å². The number of aryl methyl sites for hydroxylation is 1. The quantitative estimate of drug-likeness (QED) is 0.752. The lowest BCUT2D eigenvalue weighted by atomic mass is 10.4. The second-order valence-corrected chi connectivity index (χ2v) is 3.21. The highest BCUT2D eigenvalue weighted by Crippen LogP contribution is 2.01. The summed E-state index contributed by atoms with van der Waals surface area (Å²) >= 11 is 9.70. The van der Waals surface area contributed by atoms with Crippen molar-refractivity contribution in [2.45, 2.75) is 13.0 Å². The van der Waals surface area contributed by atoms with Gasteiger partial charge in [-0.25, -0.2) is 9.78 Å². The third-order valence-electron chi connectivity index (χ3n) is 1.38. The molecule has 5 heteroatoms. The Morgan fingerprint density at radius 1 is 1.67 bits per heavy atom. The molecule has 0 radical (unpaired) electrons. The molecule has 1 heterocycles. The van der Waals surface area contributed by atoms with E-state index in [0.29, 0.717) is 11.6 Å². The van der Waals surface area contributed by atoms with E-state index >= 15 is 0 Å². The molecule has 0 saturated carbocycles. The Balaban J connectivity index is 2.83. The van der Waals surface area contributed by atoms with Gasteiger partial charge in [-0.05, 0) is 12.2 Å². The van der Waals surface area contributed by atoms with E-state index in [1.54, 1.807) is 6.20 Å². The van der Waals surface area contributed by atoms with Crippen molar-refractivity contribution in [3.05, 3.63) is 27.9 Å². The van der Waals surface area contributed by atoms with Crippen molar-refractivity contribution in [2.75, 3.05) is 5.75 Å². The van der Waals surface area contributed by atoms with Gasteiger partial charge in [-0.1, -0.05) is 11.6 Å². The van der Waals surface area contributed by atoms with Crippen LogP contribution in [-0.4, -0.2) is 15.3 Å². The maximum absolute atomic E-state index is 11.0. The number of hydrogen-bond acceptors (Lipinski definition) is 3. The van der Waals surface area contributed by atoms with E-state index in [9.17, 15) is 4.79 Å². The molecule has 12 heavy (non-hydrogen) atoms. The van der Waals surface area contributed by atoms with E-state index in [2.05, 4.69) is 17.6 Å². The highest BCUT2D eigenvalue weighted by Gasteiger charge is 1.96. The van der Waals surface area contributed by atoms with Gasteiger partial charge in [0.25, 0.3) is 0 Å². The van der Waals surface area contributed by atoms with E-state index in [4.69, 9.17) is 11.6 Å². The van der Waals surface area contributed by atoms with Gasteiger partial charge in [-0.15, -0.1) is 0 Å². The molecular weight excluding hydrogens is 196 g/mol. The summed E-state index contributed by atoms with van der Waals surface area (Å²) in [6.45, 7) is 0.621. The first-order chi connectivity index (χ1) is 5.74. The summed E-state index contributed by atoms with van der Waals surface area (Å²) in [5.74, 6) is 0.749. The van der Waals surface area contributed by atoms with Crippen molar-refractivity contribution >= 4 is 24.2 Å². The molecule has 0 bridgehead atoms. The standard InChI is InChI=1S/C7H9ClN2OS/c8-6-4-9-7(11)10(5-6)2-1-3-12/h4-5,12H,1-3H2. The summed E-state index contributed by atoms with van der Waals surface area (Å²) in [4.78, 5) is 14.6. The molecule has 0 amide bonds. The van der Waals surface area contributed by atoms with E-state index < -0.39 is 0 Å². The summed E-state index contributed by atoms with van der Waals surface area (Å²) in [6, 6.07) is 0. The number of nitrogens with zero attached hydrogens (tertiary/aromatic N) is 2. The lowest BCUT2D eigenvalue weighted by Gasteiger charge is -2.02. The zero-order valence-corrected chi connectivity index (χ0v) is 8.05. The molecule has 0 aromatic carbocycles. The first kappa shape index (κ1) is 9.61. The average molecular weight is 205 g/mol. The summed E-state index contributed by atoms with van der Waals surface area (Å²) < 4.78 is 1.48. The van der Waals surface area contributed by atoms with Crippen LogP contribution in [0.5, 0.6) is 0 Å². The smallest absolute Gasteiger partial charge is 0.298 e. The predicted molar refractivity (Wildman–Crippen MR) is 52.0 cm³/mol. The Morgan fingerprint density at radius 2 is 2.42 bits per heavy atom. The fourth-order valence-corrected chi connectivity index (χ4v) is 1.14. The van der Waals surface area contributed by atoms with Gasteiger partial charge in [-0.2, -0.15) is 12.6 Å². The van der Waals surface area contributed by atoms with Crippen LogP contribution in [0.15, 0.2) is 17.2 Å². The average Bonchev–Trinajstić information content (AvgIpc) is 2.07. The second kappa shape index (κ2) is 4.52. The number of thiol groups is 1. The number of aromatic nitrogens is 2. The molecule has 0 atom stereocenters. The van der Waals surface area contributed by atoms with Gasteiger partial charge in [0, 0.05) is 12.7 Å². The minimum absolute atomic E-state index is 0.263. The Hall–Kier alpha value is -0.480. The van der Waals surface area contributed by atoms with E-state index in [1.807, 2.05) is 0 Å². The largest absolute Gasteiger partial charge is 0.347 e. The number of halogens is 1. The summed E-state index contributed by atoms with van der Waals surface area (Å²) in [7, 11) is 0. The lowest BCUT2D eigenvalue weighted by molar-refractivity contribution is 0.640. The third-order valence-corrected chi connectivity index (χ3v) is 1.89. The molecular formula is C7H9ClN2OS. The van der Waals surface area contributed by atoms with Crippen LogP contribution >= 0.6 is 24.2 Å². The minimum Gasteiger partial charge on any atom is -0.298 e. The Bertz CT molecular complexity index is 313. The van der Waals surface area contributed by atoms with Crippen LogP contribution in [0.25, 0.3) is 0 Å². The topological polar surface area (TPSA) is 34.9 Å². The molecule has 1 aromatic heterocycles. The molecule has 0 aliphatic carbocycles. The van der Waals surface area contributed by atoms with Gasteiger partial charge in [0.1, 0.15) is 0 Å². The molecule has 1 rings (SSSR count). The fourth-order valence-electron chi connectivity index (χ4n) is 0.830. The van der Waals surface area contributed by atoms with Crippen molar-refractivity contribution < 1.29 is 0 Å². The van der Waals surface area contributed by atoms with E-state index in [-0.39, 0.29) is 5.69 Å². The van der Waals surface area contributed by atoms with Gasteiger partial charge in [0.2, 0.25) is 0 Å². The van der Waals surface area contributed by atoms with Crippen LogP contribution in [0.3, 0.4) is 0 Å². The second-order valence-electron chi connectivity index (χ2n) is 2.33. The summed E-state index contributed by atoms with van der Waals surface area (Å²) in [5, 5.41) is 0.480. The maximum atomic E-state index is 11.0. The molecule has 0 aliphatic heterocycles. The van der Waals surface area contributed by atoms with E-state index in [1.165, 1.54) is 10.8 Å². The van der Waals surface area contributed by atoms with Gasteiger partial charge < -0.3 is 0 Å². The molecule has 66 valence electrons. The van der Waals surface area contributed by atoms with Crippen molar-refractivity contribution in [3.8, 4) is 0 Å². The SMILES string of the molecule is O=c1ncc(Cl)cn1CCCS. The molecule has 0 N–H and O–H groups in total. The molecule has 0 aliphatic rings. The molecule has 0 saturated heterocycles. The van der Waals surface area contributed by atoms with Crippen LogP contribution in [-0.2, 0) is 6.54 Å². The number of hydrogen-bond donors (Lipinski definition) is 1. The van der Waals surface area contributed by atoms with Crippen molar-refractivity contribution in [3.63, 3.8) is 0 Å². The molecule has 0 unspecified atom stereocenters. The van der Waals surface area contributed by atoms with Gasteiger partial charge in [0.05, 0.1) is 11.2 Å². The molecule has 3 nitrogen and oxygen atoms in total. The minimum atomic E-state index is -0.263. The third kappa shape index (κ3) is 2.53. The highest BCUT2D eigenvalue weighted by molar-refractivity contribution is 7.80. The number of rotatable bonds is 3. The first-order valence-electron chi connectivity index (χ1n) is 3.57. The summed E-state index contributed by atoms with van der Waals surface area (Å²) in [6.07, 6.45) is 3.77. The van der Waals surface area contributed by atoms with E-state index in [0.717, 1.165) is 12.2 Å². The molecule has 1 aromatic rings. The van der Waals surface area contributed by atoms with Gasteiger partial charge >= 0.3 is 5.69 Å². The molecule has 0 spiro atoms. The van der Waals surface area contributed by atoms with Crippen LogP contribution in [0.4, 0.5) is 0 Å². The Labute approximate surface area is 80.8 Å². The zero-order chi connectivity index (χ0) is 8.97. The van der Waals surface area contributed by atoms with Gasteiger partial charge in [0.15, 0.2) is 0 Å². The highest BCUT2D eigenvalue weighted by atomic mass is 35.5. The van der Waals surface area contributed by atoms with Crippen LogP contribution in [0, 0.1) is 0 Å².